The van der Waals surface area contributed by atoms with E-state index in [1.807, 2.05) is 25.1 Å². The number of aryl methyl sites for hydroxylation is 1. The topological polar surface area (TPSA) is 58.6 Å². The quantitative estimate of drug-likeness (QED) is 0.898. The van der Waals surface area contributed by atoms with E-state index in [4.69, 9.17) is 4.74 Å². The zero-order valence-electron chi connectivity index (χ0n) is 11.5. The number of nitrogens with one attached hydrogen (secondary N) is 1. The number of methoxy groups -OCH3 is 1. The van der Waals surface area contributed by atoms with Crippen molar-refractivity contribution in [1.29, 1.82) is 0 Å². The minimum atomic E-state index is -0.336. The highest BCUT2D eigenvalue weighted by Crippen LogP contribution is 2.20. The fourth-order valence-corrected chi connectivity index (χ4v) is 1.94. The Morgan fingerprint density at radius 3 is 2.75 bits per heavy atom. The van der Waals surface area contributed by atoms with Crippen molar-refractivity contribution >= 4 is 11.6 Å². The molecule has 0 saturated heterocycles. The lowest BCUT2D eigenvalue weighted by Gasteiger charge is -2.09. The fraction of sp³-hybridized carbons (Fsp3) is 0.188. The summed E-state index contributed by atoms with van der Waals surface area (Å²) in [5, 5.41) is 12.6. The summed E-state index contributed by atoms with van der Waals surface area (Å²) in [5.74, 6) is -0.354. The number of phenols is 1. The van der Waals surface area contributed by atoms with E-state index >= 15 is 0 Å². The highest BCUT2D eigenvalue weighted by molar-refractivity contribution is 6.06. The number of anilines is 1. The van der Waals surface area contributed by atoms with Gasteiger partial charge in [-0.25, -0.2) is 0 Å². The molecule has 0 aliphatic rings. The number of carbonyl (C=O) groups is 1. The van der Waals surface area contributed by atoms with Crippen molar-refractivity contribution in [3.63, 3.8) is 0 Å². The zero-order valence-corrected chi connectivity index (χ0v) is 11.5. The molecule has 0 aliphatic heterocycles. The molecule has 2 rings (SSSR count). The molecule has 2 aromatic rings. The first-order chi connectivity index (χ1) is 9.60. The van der Waals surface area contributed by atoms with Gasteiger partial charge >= 0.3 is 0 Å². The molecule has 4 nitrogen and oxygen atoms in total. The largest absolute Gasteiger partial charge is 0.507 e. The van der Waals surface area contributed by atoms with Gasteiger partial charge in [0.1, 0.15) is 5.75 Å². The third-order valence-electron chi connectivity index (χ3n) is 2.89. The zero-order chi connectivity index (χ0) is 14.5. The monoisotopic (exact) mass is 271 g/mol. The van der Waals surface area contributed by atoms with Gasteiger partial charge in [-0.2, -0.15) is 0 Å². The normalized spacial score (nSPS) is 10.3. The first-order valence-electron chi connectivity index (χ1n) is 6.29. The Bertz CT molecular complexity index is 623. The van der Waals surface area contributed by atoms with Crippen LogP contribution in [-0.4, -0.2) is 18.1 Å². The van der Waals surface area contributed by atoms with Gasteiger partial charge in [0.2, 0.25) is 0 Å². The van der Waals surface area contributed by atoms with Gasteiger partial charge in [0.25, 0.3) is 5.91 Å². The summed E-state index contributed by atoms with van der Waals surface area (Å²) in [6.07, 6.45) is 0. The van der Waals surface area contributed by atoms with E-state index in [0.717, 1.165) is 11.1 Å². The summed E-state index contributed by atoms with van der Waals surface area (Å²) < 4.78 is 5.05. The van der Waals surface area contributed by atoms with Crippen molar-refractivity contribution in [3.8, 4) is 5.75 Å². The highest BCUT2D eigenvalue weighted by Gasteiger charge is 2.11. The standard InChI is InChI=1S/C16H17NO3/c1-11-6-7-14(15(18)8-11)16(19)17-13-5-3-4-12(9-13)10-20-2/h3-9,18H,10H2,1-2H3,(H,17,19). The van der Waals surface area contributed by atoms with Gasteiger partial charge in [-0.05, 0) is 42.3 Å². The third-order valence-corrected chi connectivity index (χ3v) is 2.89. The van der Waals surface area contributed by atoms with Crippen LogP contribution in [-0.2, 0) is 11.3 Å². The highest BCUT2D eigenvalue weighted by atomic mass is 16.5. The van der Waals surface area contributed by atoms with E-state index in [2.05, 4.69) is 5.32 Å². The molecule has 0 saturated carbocycles. The number of amides is 1. The molecular weight excluding hydrogens is 254 g/mol. The molecule has 4 heteroatoms. The van der Waals surface area contributed by atoms with Crippen LogP contribution in [0.4, 0.5) is 5.69 Å². The molecule has 1 amide bonds. The number of hydrogen-bond donors (Lipinski definition) is 2. The maximum atomic E-state index is 12.1. The summed E-state index contributed by atoms with van der Waals surface area (Å²) >= 11 is 0. The van der Waals surface area contributed by atoms with E-state index in [1.165, 1.54) is 0 Å². The second-order valence-electron chi connectivity index (χ2n) is 4.61. The SMILES string of the molecule is COCc1cccc(NC(=O)c2ccc(C)cc2O)c1. The predicted molar refractivity (Wildman–Crippen MR) is 78.0 cm³/mol. The molecule has 0 spiro atoms. The Morgan fingerprint density at radius 2 is 2.05 bits per heavy atom. The molecule has 0 bridgehead atoms. The van der Waals surface area contributed by atoms with Crippen LogP contribution in [0.1, 0.15) is 21.5 Å². The van der Waals surface area contributed by atoms with Crippen LogP contribution in [0.2, 0.25) is 0 Å². The summed E-state index contributed by atoms with van der Waals surface area (Å²) in [6.45, 7) is 2.34. The van der Waals surface area contributed by atoms with Crippen molar-refractivity contribution in [2.24, 2.45) is 0 Å². The average Bonchev–Trinajstić information content (AvgIpc) is 2.39. The van der Waals surface area contributed by atoms with Crippen LogP contribution in [0.5, 0.6) is 5.75 Å². The van der Waals surface area contributed by atoms with Crippen molar-refractivity contribution in [1.82, 2.24) is 0 Å². The van der Waals surface area contributed by atoms with Crippen molar-refractivity contribution in [2.75, 3.05) is 12.4 Å². The fourth-order valence-electron chi connectivity index (χ4n) is 1.94. The Kier molecular flexibility index (Phi) is 4.38. The van der Waals surface area contributed by atoms with Gasteiger partial charge in [-0.1, -0.05) is 18.2 Å². The molecule has 0 heterocycles. The van der Waals surface area contributed by atoms with Crippen LogP contribution in [0.3, 0.4) is 0 Å². The van der Waals surface area contributed by atoms with Crippen molar-refractivity contribution in [3.05, 3.63) is 59.2 Å². The lowest BCUT2D eigenvalue weighted by molar-refractivity contribution is 0.102. The smallest absolute Gasteiger partial charge is 0.259 e. The first kappa shape index (κ1) is 14.1. The molecule has 0 aliphatic carbocycles. The Hall–Kier alpha value is -2.33. The summed E-state index contributed by atoms with van der Waals surface area (Å²) in [7, 11) is 1.62. The van der Waals surface area contributed by atoms with Gasteiger partial charge in [0.15, 0.2) is 0 Å². The van der Waals surface area contributed by atoms with Crippen molar-refractivity contribution < 1.29 is 14.6 Å². The Balaban J connectivity index is 2.17. The van der Waals surface area contributed by atoms with Gasteiger partial charge in [-0.3, -0.25) is 4.79 Å². The lowest BCUT2D eigenvalue weighted by atomic mass is 10.1. The van der Waals surface area contributed by atoms with Gasteiger partial charge < -0.3 is 15.2 Å². The number of benzene rings is 2. The van der Waals surface area contributed by atoms with Crippen LogP contribution in [0.15, 0.2) is 42.5 Å². The Morgan fingerprint density at radius 1 is 1.25 bits per heavy atom. The van der Waals surface area contributed by atoms with E-state index in [9.17, 15) is 9.90 Å². The number of hydrogen-bond acceptors (Lipinski definition) is 3. The molecule has 104 valence electrons. The minimum absolute atomic E-state index is 0.0180. The van der Waals surface area contributed by atoms with Crippen LogP contribution in [0.25, 0.3) is 0 Å². The number of aromatic hydroxyl groups is 1. The van der Waals surface area contributed by atoms with E-state index in [-0.39, 0.29) is 17.2 Å². The summed E-state index contributed by atoms with van der Waals surface area (Å²) in [6, 6.07) is 12.4. The van der Waals surface area contributed by atoms with Crippen LogP contribution < -0.4 is 5.32 Å². The first-order valence-corrected chi connectivity index (χ1v) is 6.29. The minimum Gasteiger partial charge on any atom is -0.507 e. The average molecular weight is 271 g/mol. The number of phenolic OH excluding ortho intramolecular Hbond substituents is 1. The van der Waals surface area contributed by atoms with Crippen LogP contribution >= 0.6 is 0 Å². The third kappa shape index (κ3) is 3.36. The van der Waals surface area contributed by atoms with Crippen molar-refractivity contribution in [2.45, 2.75) is 13.5 Å². The lowest BCUT2D eigenvalue weighted by Crippen LogP contribution is -2.12. The summed E-state index contributed by atoms with van der Waals surface area (Å²) in [4.78, 5) is 12.1. The predicted octanol–water partition coefficient (Wildman–Crippen LogP) is 3.10. The molecule has 2 aromatic carbocycles. The van der Waals surface area contributed by atoms with E-state index < -0.39 is 0 Å². The molecule has 0 fully saturated rings. The molecule has 0 atom stereocenters. The number of ether oxygens (including phenoxy) is 1. The molecular formula is C16H17NO3. The van der Waals surface area contributed by atoms with E-state index in [0.29, 0.717) is 12.3 Å². The molecule has 0 unspecified atom stereocenters. The molecule has 0 aromatic heterocycles. The number of rotatable bonds is 4. The molecule has 20 heavy (non-hydrogen) atoms. The van der Waals surface area contributed by atoms with E-state index in [1.54, 1.807) is 31.4 Å². The maximum Gasteiger partial charge on any atom is 0.259 e. The molecule has 0 radical (unpaired) electrons. The second kappa shape index (κ2) is 6.21. The maximum absolute atomic E-state index is 12.1. The Labute approximate surface area is 118 Å². The second-order valence-corrected chi connectivity index (χ2v) is 4.61. The summed E-state index contributed by atoms with van der Waals surface area (Å²) in [5.41, 5.74) is 2.80. The van der Waals surface area contributed by atoms with Gasteiger partial charge in [0.05, 0.1) is 12.2 Å². The number of carbonyl (C=O) groups excluding carboxylic acids is 1. The van der Waals surface area contributed by atoms with Crippen LogP contribution in [0, 0.1) is 6.92 Å². The molecule has 2 N–H and O–H groups in total. The van der Waals surface area contributed by atoms with Gasteiger partial charge in [0, 0.05) is 12.8 Å². The van der Waals surface area contributed by atoms with Gasteiger partial charge in [-0.15, -0.1) is 0 Å².